The second-order valence-electron chi connectivity index (χ2n) is 5.49. The number of hydrogen-bond donors (Lipinski definition) is 1. The van der Waals surface area contributed by atoms with Gasteiger partial charge in [-0.15, -0.1) is 0 Å². The Morgan fingerprint density at radius 3 is 2.95 bits per heavy atom. The Balaban J connectivity index is 2.04. The van der Waals surface area contributed by atoms with Crippen molar-refractivity contribution < 1.29 is 0 Å². The van der Waals surface area contributed by atoms with Gasteiger partial charge in [0.1, 0.15) is 0 Å². The van der Waals surface area contributed by atoms with E-state index in [-0.39, 0.29) is 0 Å². The molecule has 0 aromatic carbocycles. The molecule has 0 atom stereocenters. The molecule has 0 saturated carbocycles. The van der Waals surface area contributed by atoms with Gasteiger partial charge < -0.3 is 5.32 Å². The van der Waals surface area contributed by atoms with Crippen LogP contribution in [-0.2, 0) is 19.5 Å². The van der Waals surface area contributed by atoms with Gasteiger partial charge in [-0.25, -0.2) is 0 Å². The lowest BCUT2D eigenvalue weighted by Gasteiger charge is -2.27. The van der Waals surface area contributed by atoms with E-state index in [0.717, 1.165) is 39.1 Å². The minimum Gasteiger partial charge on any atom is -0.313 e. The molecule has 0 fully saturated rings. The Hall–Kier alpha value is -0.930. The predicted octanol–water partition coefficient (Wildman–Crippen LogP) is 2.66. The lowest BCUT2D eigenvalue weighted by atomic mass is 10.0. The van der Waals surface area contributed by atoms with Gasteiger partial charge in [0.15, 0.2) is 0 Å². The summed E-state index contributed by atoms with van der Waals surface area (Å²) in [7, 11) is 0. The van der Waals surface area contributed by atoms with E-state index in [0.29, 0.717) is 0 Å². The minimum atomic E-state index is 0.957. The fourth-order valence-corrected chi connectivity index (χ4v) is 2.66. The van der Waals surface area contributed by atoms with Crippen molar-refractivity contribution in [2.75, 3.05) is 19.6 Å². The summed E-state index contributed by atoms with van der Waals surface area (Å²) in [6.07, 6.45) is 3.61. The summed E-state index contributed by atoms with van der Waals surface area (Å²) in [5, 5.41) is 3.52. The largest absolute Gasteiger partial charge is 0.313 e. The maximum Gasteiger partial charge on any atom is 0.0464 e. The van der Waals surface area contributed by atoms with Crippen LogP contribution in [0.4, 0.5) is 0 Å². The van der Waals surface area contributed by atoms with Gasteiger partial charge in [0, 0.05) is 37.4 Å². The molecule has 1 N–H and O–H groups in total. The van der Waals surface area contributed by atoms with Crippen LogP contribution in [0.3, 0.4) is 0 Å². The van der Waals surface area contributed by atoms with Crippen LogP contribution in [0.2, 0.25) is 0 Å². The summed E-state index contributed by atoms with van der Waals surface area (Å²) in [5.41, 5.74) is 5.33. The summed E-state index contributed by atoms with van der Waals surface area (Å²) in [6.45, 7) is 12.0. The molecule has 0 aliphatic carbocycles. The molecule has 1 aromatic heterocycles. The minimum absolute atomic E-state index is 0.957. The molecule has 106 valence electrons. The second kappa shape index (κ2) is 7.01. The molecule has 3 nitrogen and oxygen atoms in total. The van der Waals surface area contributed by atoms with Crippen LogP contribution in [0.5, 0.6) is 0 Å². The van der Waals surface area contributed by atoms with E-state index in [1.165, 1.54) is 35.4 Å². The van der Waals surface area contributed by atoms with Gasteiger partial charge >= 0.3 is 0 Å². The Bertz CT molecular complexity index is 415. The van der Waals surface area contributed by atoms with Gasteiger partial charge in [0.05, 0.1) is 0 Å². The maximum absolute atomic E-state index is 4.81. The van der Waals surface area contributed by atoms with E-state index in [1.54, 1.807) is 0 Å². The Labute approximate surface area is 117 Å². The standard InChI is InChI=1S/C16H27N3/c1-4-6-8-17-11-14-10-15-12-19(5-2)9-7-16(15)18-13(14)3/h10,17H,4-9,11-12H2,1-3H3. The van der Waals surface area contributed by atoms with Gasteiger partial charge in [0.25, 0.3) is 0 Å². The normalized spacial score (nSPS) is 15.5. The zero-order valence-electron chi connectivity index (χ0n) is 12.6. The third kappa shape index (κ3) is 3.77. The van der Waals surface area contributed by atoms with E-state index in [4.69, 9.17) is 4.98 Å². The molecule has 19 heavy (non-hydrogen) atoms. The van der Waals surface area contributed by atoms with Gasteiger partial charge in [0.2, 0.25) is 0 Å². The van der Waals surface area contributed by atoms with E-state index >= 15 is 0 Å². The van der Waals surface area contributed by atoms with Gasteiger partial charge in [-0.2, -0.15) is 0 Å². The number of fused-ring (bicyclic) bond motifs is 1. The van der Waals surface area contributed by atoms with E-state index in [1.807, 2.05) is 0 Å². The number of unbranched alkanes of at least 4 members (excludes halogenated alkanes) is 1. The van der Waals surface area contributed by atoms with Crippen molar-refractivity contribution in [3.05, 3.63) is 28.6 Å². The zero-order valence-corrected chi connectivity index (χ0v) is 12.6. The maximum atomic E-state index is 4.81. The number of nitrogens with one attached hydrogen (secondary N) is 1. The summed E-state index contributed by atoms with van der Waals surface area (Å²) >= 11 is 0. The van der Waals surface area contributed by atoms with Crippen LogP contribution < -0.4 is 5.32 Å². The average Bonchev–Trinajstić information content (AvgIpc) is 2.43. The van der Waals surface area contributed by atoms with Gasteiger partial charge in [-0.1, -0.05) is 20.3 Å². The van der Waals surface area contributed by atoms with Crippen molar-refractivity contribution in [1.82, 2.24) is 15.2 Å². The fourth-order valence-electron chi connectivity index (χ4n) is 2.66. The van der Waals surface area contributed by atoms with Crippen LogP contribution in [0.1, 0.15) is 49.2 Å². The molecule has 1 aliphatic heterocycles. The van der Waals surface area contributed by atoms with Crippen molar-refractivity contribution in [2.24, 2.45) is 0 Å². The van der Waals surface area contributed by atoms with Crippen LogP contribution in [-0.4, -0.2) is 29.5 Å². The van der Waals surface area contributed by atoms with Crippen molar-refractivity contribution in [1.29, 1.82) is 0 Å². The van der Waals surface area contributed by atoms with Crippen molar-refractivity contribution in [2.45, 2.75) is 53.1 Å². The van der Waals surface area contributed by atoms with Gasteiger partial charge in [-0.05, 0) is 43.6 Å². The van der Waals surface area contributed by atoms with Gasteiger partial charge in [-0.3, -0.25) is 9.88 Å². The third-order valence-corrected chi connectivity index (χ3v) is 4.02. The first-order valence-electron chi connectivity index (χ1n) is 7.66. The number of aromatic nitrogens is 1. The highest BCUT2D eigenvalue weighted by atomic mass is 15.1. The summed E-state index contributed by atoms with van der Waals surface area (Å²) in [5.74, 6) is 0. The number of likely N-dealkylation sites (N-methyl/N-ethyl adjacent to an activating group) is 1. The molecular formula is C16H27N3. The average molecular weight is 261 g/mol. The highest BCUT2D eigenvalue weighted by molar-refractivity contribution is 5.31. The lowest BCUT2D eigenvalue weighted by molar-refractivity contribution is 0.265. The molecule has 3 heteroatoms. The molecule has 2 rings (SSSR count). The van der Waals surface area contributed by atoms with Crippen molar-refractivity contribution >= 4 is 0 Å². The molecule has 0 amide bonds. The van der Waals surface area contributed by atoms with Crippen LogP contribution >= 0.6 is 0 Å². The van der Waals surface area contributed by atoms with E-state index in [9.17, 15) is 0 Å². The predicted molar refractivity (Wildman–Crippen MR) is 80.2 cm³/mol. The quantitative estimate of drug-likeness (QED) is 0.798. The molecule has 1 aromatic rings. The first-order chi connectivity index (χ1) is 9.24. The molecule has 1 aliphatic rings. The number of aryl methyl sites for hydroxylation is 1. The highest BCUT2D eigenvalue weighted by Gasteiger charge is 2.17. The smallest absolute Gasteiger partial charge is 0.0464 e. The Morgan fingerprint density at radius 1 is 1.37 bits per heavy atom. The number of hydrogen-bond acceptors (Lipinski definition) is 3. The Morgan fingerprint density at radius 2 is 2.21 bits per heavy atom. The van der Waals surface area contributed by atoms with Crippen molar-refractivity contribution in [3.8, 4) is 0 Å². The third-order valence-electron chi connectivity index (χ3n) is 4.02. The molecule has 0 saturated heterocycles. The number of pyridine rings is 1. The summed E-state index contributed by atoms with van der Waals surface area (Å²) < 4.78 is 0. The molecular weight excluding hydrogens is 234 g/mol. The van der Waals surface area contributed by atoms with E-state index in [2.05, 4.69) is 37.1 Å². The zero-order chi connectivity index (χ0) is 13.7. The molecule has 2 heterocycles. The molecule has 0 bridgehead atoms. The molecule has 0 spiro atoms. The summed E-state index contributed by atoms with van der Waals surface area (Å²) in [4.78, 5) is 7.31. The number of rotatable bonds is 6. The number of nitrogens with zero attached hydrogens (tertiary/aromatic N) is 2. The van der Waals surface area contributed by atoms with E-state index < -0.39 is 0 Å². The van der Waals surface area contributed by atoms with Crippen molar-refractivity contribution in [3.63, 3.8) is 0 Å². The topological polar surface area (TPSA) is 28.2 Å². The first-order valence-corrected chi connectivity index (χ1v) is 7.66. The highest BCUT2D eigenvalue weighted by Crippen LogP contribution is 2.20. The fraction of sp³-hybridized carbons (Fsp3) is 0.688. The molecule has 0 unspecified atom stereocenters. The Kier molecular flexibility index (Phi) is 5.34. The van der Waals surface area contributed by atoms with Crippen LogP contribution in [0, 0.1) is 6.92 Å². The van der Waals surface area contributed by atoms with Crippen LogP contribution in [0.25, 0.3) is 0 Å². The first kappa shape index (κ1) is 14.5. The summed E-state index contributed by atoms with van der Waals surface area (Å²) in [6, 6.07) is 2.37. The van der Waals surface area contributed by atoms with Crippen LogP contribution in [0.15, 0.2) is 6.07 Å². The SMILES string of the molecule is CCCCNCc1cc2c(nc1C)CCN(CC)C2. The lowest BCUT2D eigenvalue weighted by Crippen LogP contribution is -2.31. The molecule has 0 radical (unpaired) electrons. The second-order valence-corrected chi connectivity index (χ2v) is 5.49. The monoisotopic (exact) mass is 261 g/mol.